The summed E-state index contributed by atoms with van der Waals surface area (Å²) in [5.41, 5.74) is 0.433. The van der Waals surface area contributed by atoms with Crippen molar-refractivity contribution < 1.29 is 17.9 Å². The number of benzene rings is 1. The summed E-state index contributed by atoms with van der Waals surface area (Å²) in [7, 11) is -3.76. The summed E-state index contributed by atoms with van der Waals surface area (Å²) in [6.07, 6.45) is 1.48. The maximum Gasteiger partial charge on any atom is 0.339 e. The van der Waals surface area contributed by atoms with E-state index in [2.05, 4.69) is 6.58 Å². The number of esters is 1. The molecule has 0 atom stereocenters. The molecule has 0 amide bonds. The largest absolute Gasteiger partial charge is 0.462 e. The Hall–Kier alpha value is -1.83. The van der Waals surface area contributed by atoms with E-state index in [9.17, 15) is 13.2 Å². The zero-order valence-electron chi connectivity index (χ0n) is 12.9. The maximum absolute atomic E-state index is 12.8. The van der Waals surface area contributed by atoms with Gasteiger partial charge in [0.05, 0.1) is 29.4 Å². The second kappa shape index (κ2) is 7.83. The van der Waals surface area contributed by atoms with E-state index in [4.69, 9.17) is 16.3 Å². The van der Waals surface area contributed by atoms with Crippen molar-refractivity contribution in [1.82, 2.24) is 0 Å². The van der Waals surface area contributed by atoms with Crippen LogP contribution in [0.2, 0.25) is 5.02 Å². The predicted molar refractivity (Wildman–Crippen MR) is 96.5 cm³/mol. The van der Waals surface area contributed by atoms with Gasteiger partial charge in [0.15, 0.2) is 0 Å². The molecule has 0 saturated carbocycles. The van der Waals surface area contributed by atoms with Gasteiger partial charge in [-0.25, -0.2) is 13.2 Å². The Labute approximate surface area is 150 Å². The van der Waals surface area contributed by atoms with Crippen LogP contribution in [0, 0.1) is 0 Å². The van der Waals surface area contributed by atoms with Crippen LogP contribution in [0.25, 0.3) is 0 Å². The van der Waals surface area contributed by atoms with Gasteiger partial charge in [-0.3, -0.25) is 4.31 Å². The summed E-state index contributed by atoms with van der Waals surface area (Å²) in [6, 6.07) is 7.62. The maximum atomic E-state index is 12.8. The van der Waals surface area contributed by atoms with E-state index in [-0.39, 0.29) is 27.9 Å². The van der Waals surface area contributed by atoms with E-state index in [1.165, 1.54) is 28.6 Å². The molecule has 24 heavy (non-hydrogen) atoms. The lowest BCUT2D eigenvalue weighted by Gasteiger charge is -2.23. The summed E-state index contributed by atoms with van der Waals surface area (Å²) >= 11 is 7.15. The zero-order chi connectivity index (χ0) is 17.7. The molecular formula is C16H16ClNO4S2. The van der Waals surface area contributed by atoms with Crippen LogP contribution in [0.3, 0.4) is 0 Å². The molecule has 5 nitrogen and oxygen atoms in total. The first kappa shape index (κ1) is 18.5. The molecule has 0 aliphatic rings. The van der Waals surface area contributed by atoms with Gasteiger partial charge in [0.2, 0.25) is 0 Å². The average molecular weight is 386 g/mol. The van der Waals surface area contributed by atoms with Crippen LogP contribution in [0.5, 0.6) is 0 Å². The number of hydrogen-bond acceptors (Lipinski definition) is 5. The third-order valence-electron chi connectivity index (χ3n) is 3.07. The van der Waals surface area contributed by atoms with E-state index < -0.39 is 16.0 Å². The molecule has 0 radical (unpaired) electrons. The number of rotatable bonds is 7. The Morgan fingerprint density at radius 1 is 1.42 bits per heavy atom. The molecule has 0 saturated heterocycles. The van der Waals surface area contributed by atoms with Gasteiger partial charge in [-0.2, -0.15) is 0 Å². The fourth-order valence-corrected chi connectivity index (χ4v) is 4.74. The lowest BCUT2D eigenvalue weighted by atomic mass is 10.2. The smallest absolute Gasteiger partial charge is 0.339 e. The highest BCUT2D eigenvalue weighted by atomic mass is 35.5. The third-order valence-corrected chi connectivity index (χ3v) is 6.56. The van der Waals surface area contributed by atoms with Crippen LogP contribution in [0.15, 0.2) is 52.6 Å². The fourth-order valence-electron chi connectivity index (χ4n) is 2.01. The van der Waals surface area contributed by atoms with Gasteiger partial charge in [0.1, 0.15) is 4.21 Å². The molecular weight excluding hydrogens is 370 g/mol. The lowest BCUT2D eigenvalue weighted by molar-refractivity contribution is 0.0526. The van der Waals surface area contributed by atoms with Crippen LogP contribution < -0.4 is 4.31 Å². The Morgan fingerprint density at radius 2 is 2.17 bits per heavy atom. The van der Waals surface area contributed by atoms with Crippen LogP contribution >= 0.6 is 22.9 Å². The first-order valence-corrected chi connectivity index (χ1v) is 9.75. The second-order valence-corrected chi connectivity index (χ2v) is 8.09. The summed E-state index contributed by atoms with van der Waals surface area (Å²) < 4.78 is 32.0. The number of carbonyl (C=O) groups is 1. The van der Waals surface area contributed by atoms with E-state index >= 15 is 0 Å². The lowest BCUT2D eigenvalue weighted by Crippen LogP contribution is -2.30. The molecule has 128 valence electrons. The van der Waals surface area contributed by atoms with E-state index in [1.807, 2.05) is 0 Å². The van der Waals surface area contributed by atoms with Gasteiger partial charge in [-0.15, -0.1) is 17.9 Å². The fraction of sp³-hybridized carbons (Fsp3) is 0.188. The van der Waals surface area contributed by atoms with Crippen LogP contribution in [0.1, 0.15) is 17.3 Å². The molecule has 2 rings (SSSR count). The van der Waals surface area contributed by atoms with Crippen LogP contribution in [-0.4, -0.2) is 27.5 Å². The van der Waals surface area contributed by atoms with Crippen molar-refractivity contribution in [3.8, 4) is 0 Å². The molecule has 0 bridgehead atoms. The molecule has 0 fully saturated rings. The van der Waals surface area contributed by atoms with Crippen molar-refractivity contribution in [2.45, 2.75) is 11.1 Å². The van der Waals surface area contributed by atoms with Crippen molar-refractivity contribution >= 4 is 44.6 Å². The normalized spacial score (nSPS) is 11.1. The number of sulfonamides is 1. The van der Waals surface area contributed by atoms with Gasteiger partial charge >= 0.3 is 5.97 Å². The third kappa shape index (κ3) is 3.80. The molecule has 1 aromatic heterocycles. The highest BCUT2D eigenvalue weighted by molar-refractivity contribution is 7.94. The minimum absolute atomic E-state index is 0.0597. The summed E-state index contributed by atoms with van der Waals surface area (Å²) in [4.78, 5) is 12.0. The van der Waals surface area contributed by atoms with Crippen molar-refractivity contribution in [3.05, 3.63) is 59.0 Å². The van der Waals surface area contributed by atoms with Gasteiger partial charge in [0, 0.05) is 0 Å². The quantitative estimate of drug-likeness (QED) is 0.534. The minimum atomic E-state index is -3.76. The van der Waals surface area contributed by atoms with Crippen molar-refractivity contribution in [3.63, 3.8) is 0 Å². The zero-order valence-corrected chi connectivity index (χ0v) is 15.3. The molecule has 0 aliphatic heterocycles. The number of anilines is 1. The summed E-state index contributed by atoms with van der Waals surface area (Å²) in [6.45, 7) is 5.54. The number of nitrogens with zero attached hydrogens (tertiary/aromatic N) is 1. The van der Waals surface area contributed by atoms with E-state index in [0.29, 0.717) is 5.69 Å². The Bertz CT molecular complexity index is 832. The number of carbonyl (C=O) groups excluding carboxylic acids is 1. The highest BCUT2D eigenvalue weighted by Gasteiger charge is 2.26. The van der Waals surface area contributed by atoms with Crippen LogP contribution in [-0.2, 0) is 14.8 Å². The first-order valence-electron chi connectivity index (χ1n) is 7.05. The number of halogens is 1. The Morgan fingerprint density at radius 3 is 2.75 bits per heavy atom. The SMILES string of the molecule is C=CCN(c1ccc(Cl)c(C(=O)OCC)c1)S(=O)(=O)c1cccs1. The molecule has 0 unspecified atom stereocenters. The van der Waals surface area contributed by atoms with Gasteiger partial charge in [-0.05, 0) is 36.6 Å². The van der Waals surface area contributed by atoms with Crippen molar-refractivity contribution in [2.75, 3.05) is 17.5 Å². The highest BCUT2D eigenvalue weighted by Crippen LogP contribution is 2.29. The average Bonchev–Trinajstić information content (AvgIpc) is 3.08. The molecule has 1 aromatic carbocycles. The van der Waals surface area contributed by atoms with Gasteiger partial charge in [0.25, 0.3) is 10.0 Å². The first-order chi connectivity index (χ1) is 11.4. The second-order valence-electron chi connectivity index (χ2n) is 4.64. The number of hydrogen-bond donors (Lipinski definition) is 0. The topological polar surface area (TPSA) is 63.7 Å². The summed E-state index contributed by atoms with van der Waals surface area (Å²) in [5, 5.41) is 1.88. The number of ether oxygens (including phenoxy) is 1. The molecule has 0 aliphatic carbocycles. The van der Waals surface area contributed by atoms with Crippen LogP contribution in [0.4, 0.5) is 5.69 Å². The Balaban J connectivity index is 2.51. The Kier molecular flexibility index (Phi) is 6.04. The summed E-state index contributed by atoms with van der Waals surface area (Å²) in [5.74, 6) is -0.601. The van der Waals surface area contributed by atoms with Gasteiger partial charge in [-0.1, -0.05) is 23.7 Å². The van der Waals surface area contributed by atoms with Crippen molar-refractivity contribution in [2.24, 2.45) is 0 Å². The minimum Gasteiger partial charge on any atom is -0.462 e. The molecule has 1 heterocycles. The molecule has 0 N–H and O–H groups in total. The van der Waals surface area contributed by atoms with E-state index in [0.717, 1.165) is 11.3 Å². The molecule has 2 aromatic rings. The van der Waals surface area contributed by atoms with Crippen molar-refractivity contribution in [1.29, 1.82) is 0 Å². The predicted octanol–water partition coefficient (Wildman–Crippen LogP) is 3.96. The number of thiophene rings is 1. The molecule has 8 heteroatoms. The monoisotopic (exact) mass is 385 g/mol. The molecule has 0 spiro atoms. The standard InChI is InChI=1S/C16H16ClNO4S2/c1-3-9-18(24(20,21)15-6-5-10-23-15)12-7-8-14(17)13(11-12)16(19)22-4-2/h3,5-8,10-11H,1,4,9H2,2H3. The van der Waals surface area contributed by atoms with E-state index in [1.54, 1.807) is 24.4 Å². The van der Waals surface area contributed by atoms with Gasteiger partial charge < -0.3 is 4.74 Å².